The molecule has 0 aliphatic heterocycles. The summed E-state index contributed by atoms with van der Waals surface area (Å²) in [7, 11) is 0. The van der Waals surface area contributed by atoms with Crippen LogP contribution in [-0.2, 0) is 4.79 Å². The van der Waals surface area contributed by atoms with Gasteiger partial charge in [0.15, 0.2) is 0 Å². The molecular weight excluding hydrogens is 262 g/mol. The Morgan fingerprint density at radius 3 is 2.42 bits per heavy atom. The molecule has 2 aromatic carbocycles. The van der Waals surface area contributed by atoms with Crippen LogP contribution in [0.15, 0.2) is 48.5 Å². The number of rotatable bonds is 3. The molecule has 0 aromatic heterocycles. The summed E-state index contributed by atoms with van der Waals surface area (Å²) in [6.45, 7) is 1.45. The number of halogens is 1. The van der Waals surface area contributed by atoms with E-state index in [1.807, 2.05) is 6.07 Å². The quantitative estimate of drug-likeness (QED) is 0.902. The Kier molecular flexibility index (Phi) is 4.20. The predicted octanol–water partition coefficient (Wildman–Crippen LogP) is 3.38. The van der Waals surface area contributed by atoms with E-state index in [1.54, 1.807) is 42.5 Å². The SMILES string of the molecule is CC(=O)Nc1ccc(C(O)c2cccc(Cl)c2)cc1. The molecule has 0 radical (unpaired) electrons. The highest BCUT2D eigenvalue weighted by Gasteiger charge is 2.10. The van der Waals surface area contributed by atoms with Crippen LogP contribution in [0.3, 0.4) is 0 Å². The van der Waals surface area contributed by atoms with Gasteiger partial charge in [-0.2, -0.15) is 0 Å². The second kappa shape index (κ2) is 5.87. The molecule has 3 nitrogen and oxygen atoms in total. The molecule has 2 aromatic rings. The van der Waals surface area contributed by atoms with E-state index in [2.05, 4.69) is 5.32 Å². The Morgan fingerprint density at radius 1 is 1.16 bits per heavy atom. The van der Waals surface area contributed by atoms with E-state index in [4.69, 9.17) is 11.6 Å². The number of hydrogen-bond donors (Lipinski definition) is 2. The van der Waals surface area contributed by atoms with Crippen molar-refractivity contribution in [2.45, 2.75) is 13.0 Å². The molecule has 98 valence electrons. The largest absolute Gasteiger partial charge is 0.384 e. The first kappa shape index (κ1) is 13.6. The summed E-state index contributed by atoms with van der Waals surface area (Å²) in [6, 6.07) is 14.2. The number of hydrogen-bond acceptors (Lipinski definition) is 2. The smallest absolute Gasteiger partial charge is 0.221 e. The fourth-order valence-electron chi connectivity index (χ4n) is 1.82. The first-order valence-corrected chi connectivity index (χ1v) is 6.25. The van der Waals surface area contributed by atoms with Crippen molar-refractivity contribution in [3.8, 4) is 0 Å². The second-order valence-corrected chi connectivity index (χ2v) is 4.70. The van der Waals surface area contributed by atoms with E-state index in [-0.39, 0.29) is 5.91 Å². The zero-order valence-corrected chi connectivity index (χ0v) is 11.2. The summed E-state index contributed by atoms with van der Waals surface area (Å²) < 4.78 is 0. The Morgan fingerprint density at radius 2 is 1.84 bits per heavy atom. The first-order chi connectivity index (χ1) is 9.06. The molecule has 0 saturated carbocycles. The minimum absolute atomic E-state index is 0.122. The number of aliphatic hydroxyl groups excluding tert-OH is 1. The Hall–Kier alpha value is -1.84. The van der Waals surface area contributed by atoms with Crippen molar-refractivity contribution in [2.75, 3.05) is 5.32 Å². The number of anilines is 1. The summed E-state index contributed by atoms with van der Waals surface area (Å²) >= 11 is 5.90. The minimum Gasteiger partial charge on any atom is -0.384 e. The van der Waals surface area contributed by atoms with Gasteiger partial charge >= 0.3 is 0 Å². The molecule has 0 aliphatic carbocycles. The van der Waals surface area contributed by atoms with Crippen LogP contribution in [0, 0.1) is 0 Å². The summed E-state index contributed by atoms with van der Waals surface area (Å²) in [5, 5.41) is 13.5. The van der Waals surface area contributed by atoms with Gasteiger partial charge in [-0.25, -0.2) is 0 Å². The van der Waals surface area contributed by atoms with Crippen molar-refractivity contribution in [2.24, 2.45) is 0 Å². The van der Waals surface area contributed by atoms with Crippen molar-refractivity contribution >= 4 is 23.2 Å². The lowest BCUT2D eigenvalue weighted by Gasteiger charge is -2.12. The zero-order chi connectivity index (χ0) is 13.8. The van der Waals surface area contributed by atoms with Crippen LogP contribution in [0.2, 0.25) is 5.02 Å². The van der Waals surface area contributed by atoms with Crippen molar-refractivity contribution in [3.63, 3.8) is 0 Å². The molecule has 0 heterocycles. The maximum absolute atomic E-state index is 10.9. The van der Waals surface area contributed by atoms with Crippen molar-refractivity contribution < 1.29 is 9.90 Å². The lowest BCUT2D eigenvalue weighted by atomic mass is 10.0. The fraction of sp³-hybridized carbons (Fsp3) is 0.133. The number of nitrogens with one attached hydrogen (secondary N) is 1. The van der Waals surface area contributed by atoms with E-state index >= 15 is 0 Å². The van der Waals surface area contributed by atoms with Crippen LogP contribution >= 0.6 is 11.6 Å². The molecule has 1 amide bonds. The highest BCUT2D eigenvalue weighted by molar-refractivity contribution is 6.30. The second-order valence-electron chi connectivity index (χ2n) is 4.26. The van der Waals surface area contributed by atoms with Gasteiger partial charge in [-0.1, -0.05) is 35.9 Å². The van der Waals surface area contributed by atoms with E-state index in [9.17, 15) is 9.90 Å². The third-order valence-electron chi connectivity index (χ3n) is 2.71. The Balaban J connectivity index is 2.20. The molecular formula is C15H14ClNO2. The predicted molar refractivity (Wildman–Crippen MR) is 76.3 cm³/mol. The lowest BCUT2D eigenvalue weighted by molar-refractivity contribution is -0.114. The van der Waals surface area contributed by atoms with Gasteiger partial charge in [0.1, 0.15) is 6.10 Å². The van der Waals surface area contributed by atoms with Crippen LogP contribution in [0.5, 0.6) is 0 Å². The highest BCUT2D eigenvalue weighted by atomic mass is 35.5. The Bertz CT molecular complexity index is 581. The summed E-state index contributed by atoms with van der Waals surface area (Å²) in [4.78, 5) is 10.9. The molecule has 1 atom stereocenters. The van der Waals surface area contributed by atoms with Crippen LogP contribution < -0.4 is 5.32 Å². The Labute approximate surface area is 116 Å². The van der Waals surface area contributed by atoms with Gasteiger partial charge in [0.05, 0.1) is 0 Å². The summed E-state index contributed by atoms with van der Waals surface area (Å²) in [6.07, 6.45) is -0.731. The van der Waals surface area contributed by atoms with Crippen molar-refractivity contribution in [1.82, 2.24) is 0 Å². The molecule has 2 rings (SSSR count). The lowest BCUT2D eigenvalue weighted by Crippen LogP contribution is -2.06. The van der Waals surface area contributed by atoms with Gasteiger partial charge in [0.2, 0.25) is 5.91 Å². The average molecular weight is 276 g/mol. The maximum Gasteiger partial charge on any atom is 0.221 e. The molecule has 0 fully saturated rings. The van der Waals surface area contributed by atoms with Crippen molar-refractivity contribution in [1.29, 1.82) is 0 Å². The molecule has 0 bridgehead atoms. The first-order valence-electron chi connectivity index (χ1n) is 5.87. The number of aliphatic hydroxyl groups is 1. The van der Waals surface area contributed by atoms with Gasteiger partial charge < -0.3 is 10.4 Å². The van der Waals surface area contributed by atoms with Crippen LogP contribution in [0.1, 0.15) is 24.2 Å². The van der Waals surface area contributed by atoms with Crippen LogP contribution in [0.4, 0.5) is 5.69 Å². The molecule has 0 spiro atoms. The third-order valence-corrected chi connectivity index (χ3v) is 2.95. The van der Waals surface area contributed by atoms with Gasteiger partial charge in [-0.3, -0.25) is 4.79 Å². The topological polar surface area (TPSA) is 49.3 Å². The number of amides is 1. The fourth-order valence-corrected chi connectivity index (χ4v) is 2.02. The zero-order valence-electron chi connectivity index (χ0n) is 10.4. The highest BCUT2D eigenvalue weighted by Crippen LogP contribution is 2.25. The van der Waals surface area contributed by atoms with E-state index < -0.39 is 6.10 Å². The molecule has 0 saturated heterocycles. The van der Waals surface area contributed by atoms with E-state index in [1.165, 1.54) is 6.92 Å². The maximum atomic E-state index is 10.9. The van der Waals surface area contributed by atoms with Gasteiger partial charge in [-0.05, 0) is 35.4 Å². The van der Waals surface area contributed by atoms with E-state index in [0.29, 0.717) is 10.7 Å². The van der Waals surface area contributed by atoms with Gasteiger partial charge in [-0.15, -0.1) is 0 Å². The number of carbonyl (C=O) groups excluding carboxylic acids is 1. The molecule has 4 heteroatoms. The van der Waals surface area contributed by atoms with E-state index in [0.717, 1.165) is 11.1 Å². The van der Waals surface area contributed by atoms with Crippen molar-refractivity contribution in [3.05, 3.63) is 64.7 Å². The minimum atomic E-state index is -0.731. The number of benzene rings is 2. The average Bonchev–Trinajstić information content (AvgIpc) is 2.38. The molecule has 19 heavy (non-hydrogen) atoms. The molecule has 2 N–H and O–H groups in total. The molecule has 1 unspecified atom stereocenters. The monoisotopic (exact) mass is 275 g/mol. The normalized spacial score (nSPS) is 11.9. The summed E-state index contributed by atoms with van der Waals surface area (Å²) in [5.41, 5.74) is 2.19. The third kappa shape index (κ3) is 3.56. The standard InChI is InChI=1S/C15H14ClNO2/c1-10(18)17-14-7-5-11(6-8-14)15(19)12-3-2-4-13(16)9-12/h2-9,15,19H,1H3,(H,17,18). The summed E-state index contributed by atoms with van der Waals surface area (Å²) in [5.74, 6) is -0.122. The number of carbonyl (C=O) groups is 1. The van der Waals surface area contributed by atoms with Gasteiger partial charge in [0, 0.05) is 17.6 Å². The van der Waals surface area contributed by atoms with Crippen LogP contribution in [0.25, 0.3) is 0 Å². The van der Waals surface area contributed by atoms with Crippen LogP contribution in [-0.4, -0.2) is 11.0 Å². The van der Waals surface area contributed by atoms with Gasteiger partial charge in [0.25, 0.3) is 0 Å². The molecule has 0 aliphatic rings.